The average Bonchev–Trinajstić information content (AvgIpc) is 3.31. The standard InChI is InChI=1S/C19H33N5OS.HI/c1-15(17-9-6-13-26-17)14-22-19(20-2)21-10-7-12-24-11-5-8-16(24)18(25)23(3)4;/h6,9,13,15-16H,5,7-8,10-12,14H2,1-4H3,(H2,20,21,22);1H. The van der Waals surface area contributed by atoms with Crippen molar-refractivity contribution in [1.29, 1.82) is 0 Å². The van der Waals surface area contributed by atoms with Gasteiger partial charge in [-0.2, -0.15) is 0 Å². The number of halogens is 1. The first-order valence-corrected chi connectivity index (χ1v) is 10.3. The van der Waals surface area contributed by atoms with Crippen LogP contribution in [0.25, 0.3) is 0 Å². The lowest BCUT2D eigenvalue weighted by Gasteiger charge is -2.26. The number of nitrogens with zero attached hydrogens (tertiary/aromatic N) is 3. The molecule has 1 aromatic heterocycles. The van der Waals surface area contributed by atoms with Gasteiger partial charge in [-0.15, -0.1) is 35.3 Å². The molecule has 6 nitrogen and oxygen atoms in total. The highest BCUT2D eigenvalue weighted by Gasteiger charge is 2.30. The fourth-order valence-corrected chi connectivity index (χ4v) is 4.09. The summed E-state index contributed by atoms with van der Waals surface area (Å²) in [5.41, 5.74) is 0. The van der Waals surface area contributed by atoms with Crippen molar-refractivity contribution in [2.45, 2.75) is 38.1 Å². The van der Waals surface area contributed by atoms with Crippen LogP contribution in [-0.4, -0.2) is 75.0 Å². The Kier molecular flexibility index (Phi) is 11.2. The van der Waals surface area contributed by atoms with Gasteiger partial charge in [0, 0.05) is 51.6 Å². The molecule has 1 aromatic rings. The van der Waals surface area contributed by atoms with Crippen LogP contribution in [-0.2, 0) is 4.79 Å². The molecule has 2 unspecified atom stereocenters. The van der Waals surface area contributed by atoms with Gasteiger partial charge in [0.2, 0.25) is 5.91 Å². The minimum atomic E-state index is 0. The lowest BCUT2D eigenvalue weighted by molar-refractivity contribution is -0.133. The predicted octanol–water partition coefficient (Wildman–Crippen LogP) is 2.58. The molecule has 1 aliphatic heterocycles. The maximum Gasteiger partial charge on any atom is 0.239 e. The smallest absolute Gasteiger partial charge is 0.239 e. The Hall–Kier alpha value is -0.870. The van der Waals surface area contributed by atoms with Crippen molar-refractivity contribution in [3.05, 3.63) is 22.4 Å². The SMILES string of the molecule is CN=C(NCCCN1CCCC1C(=O)N(C)C)NCC(C)c1cccs1.I. The molecule has 8 heteroatoms. The van der Waals surface area contributed by atoms with Crippen LogP contribution in [0.5, 0.6) is 0 Å². The molecule has 1 aliphatic rings. The second-order valence-electron chi connectivity index (χ2n) is 7.08. The van der Waals surface area contributed by atoms with E-state index < -0.39 is 0 Å². The molecule has 154 valence electrons. The molecule has 1 amide bonds. The van der Waals surface area contributed by atoms with Crippen LogP contribution in [0.15, 0.2) is 22.5 Å². The fourth-order valence-electron chi connectivity index (χ4n) is 3.30. The van der Waals surface area contributed by atoms with E-state index in [1.165, 1.54) is 4.88 Å². The second-order valence-corrected chi connectivity index (χ2v) is 8.06. The van der Waals surface area contributed by atoms with Gasteiger partial charge in [0.25, 0.3) is 0 Å². The van der Waals surface area contributed by atoms with E-state index in [9.17, 15) is 4.79 Å². The van der Waals surface area contributed by atoms with Crippen LogP contribution >= 0.6 is 35.3 Å². The zero-order chi connectivity index (χ0) is 18.9. The molecule has 2 atom stereocenters. The van der Waals surface area contributed by atoms with Crippen LogP contribution in [0, 0.1) is 0 Å². The highest BCUT2D eigenvalue weighted by atomic mass is 127. The largest absolute Gasteiger partial charge is 0.356 e. The summed E-state index contributed by atoms with van der Waals surface area (Å²) < 4.78 is 0. The summed E-state index contributed by atoms with van der Waals surface area (Å²) in [5.74, 6) is 1.54. The highest BCUT2D eigenvalue weighted by Crippen LogP contribution is 2.20. The maximum absolute atomic E-state index is 12.2. The lowest BCUT2D eigenvalue weighted by Crippen LogP contribution is -2.44. The van der Waals surface area contributed by atoms with Crippen molar-refractivity contribution in [2.24, 2.45) is 4.99 Å². The molecular weight excluding hydrogens is 473 g/mol. The van der Waals surface area contributed by atoms with E-state index in [-0.39, 0.29) is 35.9 Å². The van der Waals surface area contributed by atoms with Crippen molar-refractivity contribution >= 4 is 47.2 Å². The minimum Gasteiger partial charge on any atom is -0.356 e. The van der Waals surface area contributed by atoms with Gasteiger partial charge in [-0.25, -0.2) is 0 Å². The van der Waals surface area contributed by atoms with E-state index in [1.54, 1.807) is 23.3 Å². The molecule has 2 N–H and O–H groups in total. The maximum atomic E-state index is 12.2. The zero-order valence-corrected chi connectivity index (χ0v) is 20.0. The monoisotopic (exact) mass is 507 g/mol. The summed E-state index contributed by atoms with van der Waals surface area (Å²) in [4.78, 5) is 21.9. The third kappa shape index (κ3) is 7.57. The summed E-state index contributed by atoms with van der Waals surface area (Å²) in [6.07, 6.45) is 3.09. The molecule has 0 aliphatic carbocycles. The number of carbonyl (C=O) groups is 1. The number of thiophene rings is 1. The van der Waals surface area contributed by atoms with Gasteiger partial charge in [-0.3, -0.25) is 14.7 Å². The molecule has 1 fully saturated rings. The molecule has 27 heavy (non-hydrogen) atoms. The van der Waals surface area contributed by atoms with Crippen LogP contribution < -0.4 is 10.6 Å². The number of likely N-dealkylation sites (tertiary alicyclic amines) is 1. The molecule has 0 radical (unpaired) electrons. The Bertz CT molecular complexity index is 579. The molecule has 2 rings (SSSR count). The van der Waals surface area contributed by atoms with Crippen molar-refractivity contribution in [2.75, 3.05) is 47.3 Å². The third-order valence-electron chi connectivity index (χ3n) is 4.83. The van der Waals surface area contributed by atoms with Gasteiger partial charge in [-0.1, -0.05) is 13.0 Å². The first kappa shape index (κ1) is 24.2. The van der Waals surface area contributed by atoms with Gasteiger partial charge in [0.15, 0.2) is 5.96 Å². The quantitative estimate of drug-likeness (QED) is 0.246. The molecule has 0 bridgehead atoms. The van der Waals surface area contributed by atoms with E-state index >= 15 is 0 Å². The van der Waals surface area contributed by atoms with Crippen molar-refractivity contribution < 1.29 is 4.79 Å². The Balaban J connectivity index is 0.00000364. The summed E-state index contributed by atoms with van der Waals surface area (Å²) in [6, 6.07) is 4.33. The van der Waals surface area contributed by atoms with Crippen molar-refractivity contribution in [3.63, 3.8) is 0 Å². The first-order valence-electron chi connectivity index (χ1n) is 9.46. The fraction of sp³-hybridized carbons (Fsp3) is 0.684. The topological polar surface area (TPSA) is 60.0 Å². The average molecular weight is 507 g/mol. The number of hydrogen-bond donors (Lipinski definition) is 2. The number of likely N-dealkylation sites (N-methyl/N-ethyl adjacent to an activating group) is 1. The van der Waals surface area contributed by atoms with Crippen LogP contribution in [0.1, 0.15) is 37.0 Å². The minimum absolute atomic E-state index is 0. The molecule has 1 saturated heterocycles. The van der Waals surface area contributed by atoms with Gasteiger partial charge in [-0.05, 0) is 37.3 Å². The second kappa shape index (κ2) is 12.6. The van der Waals surface area contributed by atoms with E-state index in [0.717, 1.165) is 51.4 Å². The van der Waals surface area contributed by atoms with E-state index in [1.807, 2.05) is 14.1 Å². The summed E-state index contributed by atoms with van der Waals surface area (Å²) >= 11 is 1.79. The number of nitrogens with one attached hydrogen (secondary N) is 2. The predicted molar refractivity (Wildman–Crippen MR) is 125 cm³/mol. The number of hydrogen-bond acceptors (Lipinski definition) is 4. The van der Waals surface area contributed by atoms with Gasteiger partial charge in [0.05, 0.1) is 6.04 Å². The van der Waals surface area contributed by atoms with Gasteiger partial charge < -0.3 is 15.5 Å². The number of amides is 1. The van der Waals surface area contributed by atoms with Crippen LogP contribution in [0.4, 0.5) is 0 Å². The van der Waals surface area contributed by atoms with Crippen LogP contribution in [0.2, 0.25) is 0 Å². The van der Waals surface area contributed by atoms with Crippen molar-refractivity contribution in [1.82, 2.24) is 20.4 Å². The Morgan fingerprint density at radius 3 is 2.85 bits per heavy atom. The summed E-state index contributed by atoms with van der Waals surface area (Å²) in [5, 5.41) is 8.90. The van der Waals surface area contributed by atoms with E-state index in [4.69, 9.17) is 0 Å². The van der Waals surface area contributed by atoms with Crippen molar-refractivity contribution in [3.8, 4) is 0 Å². The summed E-state index contributed by atoms with van der Waals surface area (Å²) in [7, 11) is 5.48. The number of carbonyl (C=O) groups excluding carboxylic acids is 1. The normalized spacial score (nSPS) is 18.7. The van der Waals surface area contributed by atoms with Crippen LogP contribution in [0.3, 0.4) is 0 Å². The van der Waals surface area contributed by atoms with Gasteiger partial charge in [0.1, 0.15) is 0 Å². The number of rotatable bonds is 8. The summed E-state index contributed by atoms with van der Waals surface area (Å²) in [6.45, 7) is 5.91. The Morgan fingerprint density at radius 2 is 2.22 bits per heavy atom. The molecular formula is C19H34IN5OS. The first-order chi connectivity index (χ1) is 12.5. The molecule has 0 spiro atoms. The van der Waals surface area contributed by atoms with Gasteiger partial charge >= 0.3 is 0 Å². The molecule has 2 heterocycles. The van der Waals surface area contributed by atoms with E-state index in [0.29, 0.717) is 5.92 Å². The Labute approximate surface area is 184 Å². The number of guanidine groups is 1. The lowest BCUT2D eigenvalue weighted by atomic mass is 10.1. The zero-order valence-electron chi connectivity index (χ0n) is 16.9. The third-order valence-corrected chi connectivity index (χ3v) is 5.94. The Morgan fingerprint density at radius 1 is 1.44 bits per heavy atom. The van der Waals surface area contributed by atoms with E-state index in [2.05, 4.69) is 45.0 Å². The highest BCUT2D eigenvalue weighted by molar-refractivity contribution is 14.0. The molecule has 0 saturated carbocycles. The molecule has 0 aromatic carbocycles. The number of aliphatic imine (C=N–C) groups is 1.